The minimum absolute atomic E-state index is 0.0405. The van der Waals surface area contributed by atoms with E-state index < -0.39 is 32.5 Å². The minimum atomic E-state index is -4.39. The molecule has 0 saturated carbocycles. The second kappa shape index (κ2) is 39.4. The quantitative estimate of drug-likeness (QED) is 0.0201. The van der Waals surface area contributed by atoms with Crippen LogP contribution in [0.4, 0.5) is 0 Å². The van der Waals surface area contributed by atoms with E-state index in [9.17, 15) is 23.8 Å². The number of ketones is 1. The first kappa shape index (κ1) is 52.2. The molecule has 0 aromatic heterocycles. The lowest BCUT2D eigenvalue weighted by Gasteiger charge is -2.19. The molecule has 1 unspecified atom stereocenters. The van der Waals surface area contributed by atoms with Gasteiger partial charge in [-0.05, 0) is 38.2 Å². The van der Waals surface area contributed by atoms with Crippen LogP contribution >= 0.6 is 7.82 Å². The van der Waals surface area contributed by atoms with Gasteiger partial charge in [-0.25, -0.2) is 4.57 Å². The van der Waals surface area contributed by atoms with Crippen LogP contribution < -0.4 is 5.73 Å². The molecule has 0 aliphatic heterocycles. The van der Waals surface area contributed by atoms with Gasteiger partial charge in [0.25, 0.3) is 0 Å². The second-order valence-electron chi connectivity index (χ2n) is 14.6. The fourth-order valence-corrected chi connectivity index (χ4v) is 6.79. The molecule has 0 aromatic carbocycles. The number of esters is 2. The van der Waals surface area contributed by atoms with Gasteiger partial charge in [-0.2, -0.15) is 0 Å². The molecule has 11 heteroatoms. The highest BCUT2D eigenvalue weighted by Gasteiger charge is 2.26. The molecule has 0 amide bonds. The highest BCUT2D eigenvalue weighted by molar-refractivity contribution is 7.47. The zero-order valence-electron chi connectivity index (χ0n) is 34.5. The van der Waals surface area contributed by atoms with E-state index >= 15 is 0 Å². The summed E-state index contributed by atoms with van der Waals surface area (Å²) in [6, 6.07) is 0. The Morgan fingerprint density at radius 2 is 1.06 bits per heavy atom. The van der Waals surface area contributed by atoms with Crippen molar-refractivity contribution in [2.75, 3.05) is 26.4 Å². The third-order valence-electron chi connectivity index (χ3n) is 9.32. The SMILES string of the molecule is CCCCCCCCCCCCCCCCCCCC(=O)OC[C@H](COP(=O)(O)OCCN)OC(=O)CCCCCCC/C=C\C=C\C(=O)CCCCC. The number of phosphoric ester groups is 1. The van der Waals surface area contributed by atoms with E-state index in [4.69, 9.17) is 24.3 Å². The van der Waals surface area contributed by atoms with Crippen LogP contribution in [0.25, 0.3) is 0 Å². The Morgan fingerprint density at radius 1 is 0.593 bits per heavy atom. The lowest BCUT2D eigenvalue weighted by atomic mass is 10.0. The van der Waals surface area contributed by atoms with Gasteiger partial charge in [0.2, 0.25) is 0 Å². The molecule has 54 heavy (non-hydrogen) atoms. The Hall–Kier alpha value is -1.84. The summed E-state index contributed by atoms with van der Waals surface area (Å²) in [4.78, 5) is 46.6. The van der Waals surface area contributed by atoms with Gasteiger partial charge in [-0.15, -0.1) is 0 Å². The Bertz CT molecular complexity index is 1000. The summed E-state index contributed by atoms with van der Waals surface area (Å²) < 4.78 is 32.7. The van der Waals surface area contributed by atoms with Crippen LogP contribution in [0.5, 0.6) is 0 Å². The molecule has 0 aliphatic carbocycles. The van der Waals surface area contributed by atoms with E-state index in [-0.39, 0.29) is 38.4 Å². The highest BCUT2D eigenvalue weighted by Crippen LogP contribution is 2.43. The van der Waals surface area contributed by atoms with Gasteiger partial charge in [-0.1, -0.05) is 167 Å². The molecular formula is C43H80NO9P. The summed E-state index contributed by atoms with van der Waals surface area (Å²) in [7, 11) is -4.39. The van der Waals surface area contributed by atoms with E-state index in [0.717, 1.165) is 70.6 Å². The molecule has 0 spiro atoms. The van der Waals surface area contributed by atoms with Crippen molar-refractivity contribution < 1.29 is 42.4 Å². The van der Waals surface area contributed by atoms with Crippen LogP contribution in [0.3, 0.4) is 0 Å². The molecule has 0 bridgehead atoms. The van der Waals surface area contributed by atoms with Crippen LogP contribution in [0.15, 0.2) is 24.3 Å². The summed E-state index contributed by atoms with van der Waals surface area (Å²) >= 11 is 0. The van der Waals surface area contributed by atoms with Crippen molar-refractivity contribution in [3.8, 4) is 0 Å². The predicted octanol–water partition coefficient (Wildman–Crippen LogP) is 11.6. The maximum absolute atomic E-state index is 12.6. The average Bonchev–Trinajstić information content (AvgIpc) is 3.15. The number of phosphoric acid groups is 1. The lowest BCUT2D eigenvalue weighted by Crippen LogP contribution is -2.29. The monoisotopic (exact) mass is 786 g/mol. The summed E-state index contributed by atoms with van der Waals surface area (Å²) in [6.07, 6.45) is 37.6. The molecule has 0 fully saturated rings. The minimum Gasteiger partial charge on any atom is -0.462 e. The van der Waals surface area contributed by atoms with Gasteiger partial charge in [0.05, 0.1) is 13.2 Å². The second-order valence-corrected chi connectivity index (χ2v) is 16.1. The van der Waals surface area contributed by atoms with Crippen molar-refractivity contribution in [3.05, 3.63) is 24.3 Å². The standard InChI is InChI=1S/C43H80NO9P/c1-3-5-7-8-9-10-11-12-13-14-15-16-17-20-23-26-30-34-42(46)50-38-41(39-52-54(48,49)51-37-36-44)53-43(47)35-31-27-24-21-18-19-22-25-29-33-40(45)32-28-6-4-2/h22,25,29,33,41H,3-21,23-24,26-28,30-32,34-39,44H2,1-2H3,(H,48,49)/b25-22-,33-29+/t41-/m1/s1. The first-order valence-electron chi connectivity index (χ1n) is 21.8. The number of carbonyl (C=O) groups is 3. The van der Waals surface area contributed by atoms with Crippen molar-refractivity contribution in [2.45, 2.75) is 206 Å². The number of unbranched alkanes of at least 4 members (excludes halogenated alkanes) is 23. The van der Waals surface area contributed by atoms with Gasteiger partial charge in [0.15, 0.2) is 11.9 Å². The normalized spacial score (nSPS) is 13.4. The summed E-state index contributed by atoms with van der Waals surface area (Å²) in [5, 5.41) is 0. The zero-order chi connectivity index (χ0) is 39.8. The smallest absolute Gasteiger partial charge is 0.462 e. The van der Waals surface area contributed by atoms with Gasteiger partial charge >= 0.3 is 19.8 Å². The van der Waals surface area contributed by atoms with E-state index in [2.05, 4.69) is 19.9 Å². The summed E-state index contributed by atoms with van der Waals surface area (Å²) in [5.74, 6) is -0.708. The average molecular weight is 786 g/mol. The zero-order valence-corrected chi connectivity index (χ0v) is 35.4. The van der Waals surface area contributed by atoms with Crippen molar-refractivity contribution in [3.63, 3.8) is 0 Å². The molecule has 2 atom stereocenters. The molecule has 0 aliphatic rings. The molecule has 0 aromatic rings. The van der Waals surface area contributed by atoms with E-state index in [1.165, 1.54) is 89.9 Å². The molecule has 0 rings (SSSR count). The number of carbonyl (C=O) groups excluding carboxylic acids is 3. The lowest BCUT2D eigenvalue weighted by molar-refractivity contribution is -0.161. The molecular weight excluding hydrogens is 705 g/mol. The first-order chi connectivity index (χ1) is 26.2. The topological polar surface area (TPSA) is 151 Å². The number of nitrogens with two attached hydrogens (primary N) is 1. The van der Waals surface area contributed by atoms with Crippen molar-refractivity contribution >= 4 is 25.5 Å². The molecule has 3 N–H and O–H groups in total. The first-order valence-corrected chi connectivity index (χ1v) is 23.3. The van der Waals surface area contributed by atoms with Crippen molar-refractivity contribution in [1.29, 1.82) is 0 Å². The van der Waals surface area contributed by atoms with Gasteiger partial charge in [0, 0.05) is 25.8 Å². The highest BCUT2D eigenvalue weighted by atomic mass is 31.2. The van der Waals surface area contributed by atoms with E-state index in [0.29, 0.717) is 12.8 Å². The van der Waals surface area contributed by atoms with Crippen LogP contribution in [-0.2, 0) is 37.5 Å². The molecule has 0 radical (unpaired) electrons. The molecule has 0 heterocycles. The maximum Gasteiger partial charge on any atom is 0.472 e. The van der Waals surface area contributed by atoms with Crippen LogP contribution in [-0.4, -0.2) is 55.1 Å². The number of allylic oxidation sites excluding steroid dienone is 4. The van der Waals surface area contributed by atoms with Gasteiger partial charge in [0.1, 0.15) is 6.61 Å². The Kier molecular flexibility index (Phi) is 38.1. The van der Waals surface area contributed by atoms with E-state index in [1.807, 2.05) is 12.2 Å². The third kappa shape index (κ3) is 38.4. The van der Waals surface area contributed by atoms with Gasteiger partial charge < -0.3 is 20.1 Å². The molecule has 10 nitrogen and oxygen atoms in total. The van der Waals surface area contributed by atoms with Crippen LogP contribution in [0.2, 0.25) is 0 Å². The Labute approximate surface area is 329 Å². The van der Waals surface area contributed by atoms with Crippen molar-refractivity contribution in [1.82, 2.24) is 0 Å². The predicted molar refractivity (Wildman–Crippen MR) is 220 cm³/mol. The third-order valence-corrected chi connectivity index (χ3v) is 10.3. The fraction of sp³-hybridized carbons (Fsp3) is 0.837. The Morgan fingerprint density at radius 3 is 1.59 bits per heavy atom. The summed E-state index contributed by atoms with van der Waals surface area (Å²) in [5.41, 5.74) is 5.34. The number of hydrogen-bond acceptors (Lipinski definition) is 9. The fourth-order valence-electron chi connectivity index (χ4n) is 6.03. The maximum atomic E-state index is 12.6. The number of rotatable bonds is 41. The number of ether oxygens (including phenoxy) is 2. The number of hydrogen-bond donors (Lipinski definition) is 2. The molecule has 316 valence electrons. The van der Waals surface area contributed by atoms with Crippen LogP contribution in [0, 0.1) is 0 Å². The van der Waals surface area contributed by atoms with Crippen LogP contribution in [0.1, 0.15) is 200 Å². The summed E-state index contributed by atoms with van der Waals surface area (Å²) in [6.45, 7) is 3.54. The Balaban J connectivity index is 4.19. The van der Waals surface area contributed by atoms with Crippen molar-refractivity contribution in [2.24, 2.45) is 5.73 Å². The largest absolute Gasteiger partial charge is 0.472 e. The van der Waals surface area contributed by atoms with E-state index in [1.54, 1.807) is 6.08 Å². The molecule has 0 saturated heterocycles. The van der Waals surface area contributed by atoms with Gasteiger partial charge in [-0.3, -0.25) is 23.4 Å².